The number of benzene rings is 2. The van der Waals surface area contributed by atoms with Crippen LogP contribution in [0.2, 0.25) is 0 Å². The summed E-state index contributed by atoms with van der Waals surface area (Å²) in [4.78, 5) is 11.1. The summed E-state index contributed by atoms with van der Waals surface area (Å²) in [5.74, 6) is 0. The zero-order valence-electron chi connectivity index (χ0n) is 13.1. The molecule has 0 aliphatic heterocycles. The summed E-state index contributed by atoms with van der Waals surface area (Å²) in [6.45, 7) is 0. The molecule has 0 saturated carbocycles. The van der Waals surface area contributed by atoms with Gasteiger partial charge in [0.05, 0.1) is 19.0 Å². The molecule has 3 aromatic rings. The SMILES string of the molecule is COC(=O)N/N=C/c1cn(-c2ccccc2)nc1-c1ccccc1. The summed E-state index contributed by atoms with van der Waals surface area (Å²) in [6, 6.07) is 19.6. The van der Waals surface area contributed by atoms with Crippen LogP contribution in [0.3, 0.4) is 0 Å². The quantitative estimate of drug-likeness (QED) is 0.593. The molecule has 1 heterocycles. The van der Waals surface area contributed by atoms with Crippen LogP contribution in [0, 0.1) is 0 Å². The van der Waals surface area contributed by atoms with Gasteiger partial charge in [-0.05, 0) is 12.1 Å². The number of hydrazone groups is 1. The molecule has 1 N–H and O–H groups in total. The van der Waals surface area contributed by atoms with E-state index in [9.17, 15) is 4.79 Å². The highest BCUT2D eigenvalue weighted by Gasteiger charge is 2.10. The van der Waals surface area contributed by atoms with E-state index in [2.05, 4.69) is 20.4 Å². The number of nitrogens with one attached hydrogen (secondary N) is 1. The third kappa shape index (κ3) is 3.49. The Kier molecular flexibility index (Phi) is 4.67. The number of ether oxygens (including phenoxy) is 1. The van der Waals surface area contributed by atoms with Crippen LogP contribution in [0.25, 0.3) is 16.9 Å². The van der Waals surface area contributed by atoms with Crippen LogP contribution in [-0.4, -0.2) is 29.2 Å². The summed E-state index contributed by atoms with van der Waals surface area (Å²) in [5, 5.41) is 8.55. The van der Waals surface area contributed by atoms with Gasteiger partial charge in [-0.3, -0.25) is 0 Å². The fourth-order valence-electron chi connectivity index (χ4n) is 2.22. The molecule has 120 valence electrons. The van der Waals surface area contributed by atoms with Crippen LogP contribution < -0.4 is 5.43 Å². The summed E-state index contributed by atoms with van der Waals surface area (Å²) in [5.41, 5.74) is 5.74. The molecule has 1 aromatic heterocycles. The second-order valence-electron chi connectivity index (χ2n) is 4.94. The molecule has 24 heavy (non-hydrogen) atoms. The minimum absolute atomic E-state index is 0.622. The number of hydrogen-bond acceptors (Lipinski definition) is 4. The minimum atomic E-state index is -0.622. The second-order valence-corrected chi connectivity index (χ2v) is 4.94. The van der Waals surface area contributed by atoms with Gasteiger partial charge in [0.25, 0.3) is 0 Å². The molecular weight excluding hydrogens is 304 g/mol. The van der Waals surface area contributed by atoms with Gasteiger partial charge in [0.15, 0.2) is 0 Å². The Balaban J connectivity index is 1.99. The highest BCUT2D eigenvalue weighted by atomic mass is 16.5. The molecule has 1 amide bonds. The molecule has 0 spiro atoms. The highest BCUT2D eigenvalue weighted by molar-refractivity contribution is 5.89. The van der Waals surface area contributed by atoms with Crippen molar-refractivity contribution in [1.82, 2.24) is 15.2 Å². The maximum Gasteiger partial charge on any atom is 0.427 e. The smallest absolute Gasteiger partial charge is 0.427 e. The molecule has 0 fully saturated rings. The van der Waals surface area contributed by atoms with Crippen molar-refractivity contribution in [2.45, 2.75) is 0 Å². The summed E-state index contributed by atoms with van der Waals surface area (Å²) in [7, 11) is 1.29. The Bertz CT molecular complexity index is 842. The number of carbonyl (C=O) groups excluding carboxylic acids is 1. The van der Waals surface area contributed by atoms with Crippen molar-refractivity contribution < 1.29 is 9.53 Å². The minimum Gasteiger partial charge on any atom is -0.452 e. The maximum atomic E-state index is 11.1. The molecule has 0 radical (unpaired) electrons. The molecule has 0 bridgehead atoms. The lowest BCUT2D eigenvalue weighted by atomic mass is 10.1. The molecule has 0 aliphatic rings. The van der Waals surface area contributed by atoms with E-state index in [-0.39, 0.29) is 0 Å². The van der Waals surface area contributed by atoms with Crippen LogP contribution in [0.4, 0.5) is 4.79 Å². The first kappa shape index (κ1) is 15.5. The molecule has 2 aromatic carbocycles. The number of hydrogen-bond donors (Lipinski definition) is 1. The Hall–Kier alpha value is -3.41. The molecule has 6 nitrogen and oxygen atoms in total. The fraction of sp³-hybridized carbons (Fsp3) is 0.0556. The van der Waals surface area contributed by atoms with Crippen LogP contribution in [-0.2, 0) is 4.74 Å². The van der Waals surface area contributed by atoms with Crippen LogP contribution >= 0.6 is 0 Å². The largest absolute Gasteiger partial charge is 0.452 e. The normalized spacial score (nSPS) is 10.7. The number of nitrogens with zero attached hydrogens (tertiary/aromatic N) is 3. The van der Waals surface area contributed by atoms with Gasteiger partial charge in [-0.15, -0.1) is 0 Å². The molecule has 3 rings (SSSR count). The molecule has 0 unspecified atom stereocenters. The Morgan fingerprint density at radius 1 is 1.12 bits per heavy atom. The van der Waals surface area contributed by atoms with Crippen LogP contribution in [0.15, 0.2) is 72.0 Å². The number of aromatic nitrogens is 2. The van der Waals surface area contributed by atoms with Crippen molar-refractivity contribution in [2.24, 2.45) is 5.10 Å². The van der Waals surface area contributed by atoms with Gasteiger partial charge in [0, 0.05) is 17.3 Å². The molecule has 0 aliphatic carbocycles. The van der Waals surface area contributed by atoms with Gasteiger partial charge >= 0.3 is 6.09 Å². The predicted octanol–water partition coefficient (Wildman–Crippen LogP) is 3.23. The van der Waals surface area contributed by atoms with E-state index in [1.165, 1.54) is 7.11 Å². The first-order valence-corrected chi connectivity index (χ1v) is 7.35. The van der Waals surface area contributed by atoms with Crippen LogP contribution in [0.5, 0.6) is 0 Å². The standard InChI is InChI=1S/C18H16N4O2/c1-24-18(23)20-19-12-15-13-22(16-10-6-3-7-11-16)21-17(15)14-8-4-2-5-9-14/h2-13H,1H3,(H,20,23)/b19-12+. The van der Waals surface area contributed by atoms with Gasteiger partial charge in [0.2, 0.25) is 0 Å². The summed E-state index contributed by atoms with van der Waals surface area (Å²) >= 11 is 0. The first-order valence-electron chi connectivity index (χ1n) is 7.35. The average molecular weight is 320 g/mol. The predicted molar refractivity (Wildman–Crippen MR) is 92.1 cm³/mol. The summed E-state index contributed by atoms with van der Waals surface area (Å²) < 4.78 is 6.27. The van der Waals surface area contributed by atoms with E-state index in [1.807, 2.05) is 66.9 Å². The average Bonchev–Trinajstić information content (AvgIpc) is 3.07. The number of para-hydroxylation sites is 1. The topological polar surface area (TPSA) is 68.5 Å². The van der Waals surface area contributed by atoms with E-state index in [0.29, 0.717) is 0 Å². The molecule has 0 atom stereocenters. The Morgan fingerprint density at radius 2 is 1.79 bits per heavy atom. The van der Waals surface area contributed by atoms with Gasteiger partial charge in [-0.1, -0.05) is 48.5 Å². The van der Waals surface area contributed by atoms with Gasteiger partial charge in [0.1, 0.15) is 5.69 Å². The highest BCUT2D eigenvalue weighted by Crippen LogP contribution is 2.22. The van der Waals surface area contributed by atoms with Gasteiger partial charge in [-0.25, -0.2) is 14.9 Å². The van der Waals surface area contributed by atoms with E-state index in [0.717, 1.165) is 22.5 Å². The lowest BCUT2D eigenvalue weighted by molar-refractivity contribution is 0.171. The lowest BCUT2D eigenvalue weighted by Gasteiger charge is -2.00. The first-order chi connectivity index (χ1) is 11.8. The number of methoxy groups -OCH3 is 1. The van der Waals surface area contributed by atoms with Crippen molar-refractivity contribution in [1.29, 1.82) is 0 Å². The Morgan fingerprint density at radius 3 is 2.46 bits per heavy atom. The second kappa shape index (κ2) is 7.23. The van der Waals surface area contributed by atoms with Crippen molar-refractivity contribution in [2.75, 3.05) is 7.11 Å². The number of rotatable bonds is 4. The molecular formula is C18H16N4O2. The van der Waals surface area contributed by atoms with E-state index in [4.69, 9.17) is 0 Å². The lowest BCUT2D eigenvalue weighted by Crippen LogP contribution is -2.16. The number of amides is 1. The van der Waals surface area contributed by atoms with E-state index in [1.54, 1.807) is 10.9 Å². The Labute approximate surface area is 139 Å². The van der Waals surface area contributed by atoms with E-state index < -0.39 is 6.09 Å². The third-order valence-corrected chi connectivity index (χ3v) is 3.36. The van der Waals surface area contributed by atoms with Crippen LogP contribution in [0.1, 0.15) is 5.56 Å². The zero-order chi connectivity index (χ0) is 16.8. The van der Waals surface area contributed by atoms with Crippen molar-refractivity contribution in [3.05, 3.63) is 72.4 Å². The maximum absolute atomic E-state index is 11.1. The zero-order valence-corrected chi connectivity index (χ0v) is 13.1. The van der Waals surface area contributed by atoms with Crippen molar-refractivity contribution in [3.63, 3.8) is 0 Å². The third-order valence-electron chi connectivity index (χ3n) is 3.36. The van der Waals surface area contributed by atoms with E-state index >= 15 is 0 Å². The fourth-order valence-corrected chi connectivity index (χ4v) is 2.22. The van der Waals surface area contributed by atoms with Crippen molar-refractivity contribution >= 4 is 12.3 Å². The van der Waals surface area contributed by atoms with Gasteiger partial charge in [-0.2, -0.15) is 10.2 Å². The summed E-state index contributed by atoms with van der Waals surface area (Å²) in [6.07, 6.45) is 2.79. The molecule has 6 heteroatoms. The number of carbonyl (C=O) groups is 1. The van der Waals surface area contributed by atoms with Crippen molar-refractivity contribution in [3.8, 4) is 16.9 Å². The van der Waals surface area contributed by atoms with Gasteiger partial charge < -0.3 is 4.74 Å². The monoisotopic (exact) mass is 320 g/mol. The molecule has 0 saturated heterocycles.